The summed E-state index contributed by atoms with van der Waals surface area (Å²) < 4.78 is 6.46. The van der Waals surface area contributed by atoms with Crippen LogP contribution in [0.5, 0.6) is 0 Å². The number of hydrogen-bond acceptors (Lipinski definition) is 8. The van der Waals surface area contributed by atoms with Crippen molar-refractivity contribution in [3.63, 3.8) is 0 Å². The van der Waals surface area contributed by atoms with E-state index in [0.29, 0.717) is 6.61 Å². The van der Waals surface area contributed by atoms with Gasteiger partial charge in [-0.25, -0.2) is 10.3 Å². The Morgan fingerprint density at radius 3 is 1.70 bits per heavy atom. The summed E-state index contributed by atoms with van der Waals surface area (Å²) in [6.45, 7) is 2.35. The maximum Gasteiger partial charge on any atom is 0.351 e. The number of nitrogens with one attached hydrogen (secondary N) is 1. The van der Waals surface area contributed by atoms with E-state index in [1.807, 2.05) is 0 Å². The van der Waals surface area contributed by atoms with Gasteiger partial charge in [-0.1, -0.05) is 129 Å². The number of rotatable bonds is 25. The molecule has 1 aromatic heterocycles. The molecule has 1 aliphatic rings. The molecule has 9 heteroatoms. The molecule has 4 atom stereocenters. The van der Waals surface area contributed by atoms with Gasteiger partial charge < -0.3 is 20.1 Å². The highest BCUT2D eigenvalue weighted by molar-refractivity contribution is 5.28. The summed E-state index contributed by atoms with van der Waals surface area (Å²) >= 11 is 0. The lowest BCUT2D eigenvalue weighted by atomic mass is 10.0. The SMILES string of the molecule is CCCCCCCCCCCCCCCCCCCCCCONc1ccn([C@@H]2O[C@H](CO)[C@@H](O)[C@@H]2O)c(=O)n1. The molecule has 1 saturated heterocycles. The van der Waals surface area contributed by atoms with Crippen molar-refractivity contribution < 1.29 is 24.9 Å². The molecule has 0 amide bonds. The van der Waals surface area contributed by atoms with Gasteiger partial charge in [-0.05, 0) is 12.5 Å². The maximum absolute atomic E-state index is 12.3. The summed E-state index contributed by atoms with van der Waals surface area (Å²) in [5, 5.41) is 29.2. The molecule has 1 aliphatic heterocycles. The van der Waals surface area contributed by atoms with E-state index in [1.54, 1.807) is 0 Å². The van der Waals surface area contributed by atoms with Crippen molar-refractivity contribution in [3.05, 3.63) is 22.7 Å². The maximum atomic E-state index is 12.3. The van der Waals surface area contributed by atoms with Gasteiger partial charge in [-0.2, -0.15) is 4.98 Å². The minimum atomic E-state index is -1.33. The van der Waals surface area contributed by atoms with Gasteiger partial charge in [0.05, 0.1) is 13.2 Å². The molecule has 0 aliphatic carbocycles. The van der Waals surface area contributed by atoms with Crippen LogP contribution in [0.15, 0.2) is 17.1 Å². The first-order valence-electron chi connectivity index (χ1n) is 16.2. The number of anilines is 1. The van der Waals surface area contributed by atoms with E-state index in [-0.39, 0.29) is 5.82 Å². The molecule has 0 radical (unpaired) electrons. The lowest BCUT2D eigenvalue weighted by Gasteiger charge is -2.17. The van der Waals surface area contributed by atoms with E-state index in [0.717, 1.165) is 17.4 Å². The van der Waals surface area contributed by atoms with Crippen LogP contribution in [0.2, 0.25) is 0 Å². The first-order chi connectivity index (χ1) is 19.6. The van der Waals surface area contributed by atoms with Crippen molar-refractivity contribution >= 4 is 5.82 Å². The number of nitrogens with zero attached hydrogens (tertiary/aromatic N) is 2. The molecule has 1 fully saturated rings. The second-order valence-corrected chi connectivity index (χ2v) is 11.4. The predicted octanol–water partition coefficient (Wildman–Crippen LogP) is 6.02. The number of aliphatic hydroxyl groups is 3. The van der Waals surface area contributed by atoms with E-state index in [2.05, 4.69) is 17.4 Å². The molecule has 2 heterocycles. The molecular weight excluding hydrogens is 510 g/mol. The number of aromatic nitrogens is 2. The Balaban J connectivity index is 1.36. The Hall–Kier alpha value is -1.52. The smallest absolute Gasteiger partial charge is 0.351 e. The minimum Gasteiger partial charge on any atom is -0.394 e. The van der Waals surface area contributed by atoms with E-state index in [9.17, 15) is 20.1 Å². The zero-order valence-corrected chi connectivity index (χ0v) is 25.0. The number of unbranched alkanes of at least 4 members (excludes halogenated alkanes) is 19. The summed E-state index contributed by atoms with van der Waals surface area (Å²) in [5.41, 5.74) is 2.04. The normalized spacial score (nSPS) is 20.8. The second kappa shape index (κ2) is 22.1. The summed E-state index contributed by atoms with van der Waals surface area (Å²) in [6, 6.07) is 1.54. The summed E-state index contributed by atoms with van der Waals surface area (Å²) in [5.74, 6) is 0.265. The molecular formula is C31H57N3O6. The van der Waals surface area contributed by atoms with Crippen molar-refractivity contribution in [1.29, 1.82) is 0 Å². The van der Waals surface area contributed by atoms with Crippen molar-refractivity contribution in [2.75, 3.05) is 18.7 Å². The van der Waals surface area contributed by atoms with Crippen LogP contribution >= 0.6 is 0 Å². The molecule has 0 unspecified atom stereocenters. The highest BCUT2D eigenvalue weighted by Crippen LogP contribution is 2.28. The average Bonchev–Trinajstić information content (AvgIpc) is 3.24. The molecule has 232 valence electrons. The van der Waals surface area contributed by atoms with E-state index < -0.39 is 36.8 Å². The van der Waals surface area contributed by atoms with Gasteiger partial charge in [-0.3, -0.25) is 9.40 Å². The Labute approximate surface area is 241 Å². The zero-order chi connectivity index (χ0) is 28.8. The Bertz CT molecular complexity index is 808. The molecule has 0 bridgehead atoms. The van der Waals surface area contributed by atoms with Crippen molar-refractivity contribution in [1.82, 2.24) is 9.55 Å². The highest BCUT2D eigenvalue weighted by atomic mass is 16.6. The minimum absolute atomic E-state index is 0.265. The van der Waals surface area contributed by atoms with Crippen molar-refractivity contribution in [3.8, 4) is 0 Å². The Morgan fingerprint density at radius 2 is 1.27 bits per heavy atom. The summed E-state index contributed by atoms with van der Waals surface area (Å²) in [6.07, 6.45) is 23.7. The number of hydrogen-bond donors (Lipinski definition) is 4. The van der Waals surface area contributed by atoms with Gasteiger partial charge >= 0.3 is 5.69 Å². The van der Waals surface area contributed by atoms with Gasteiger partial charge in [0.1, 0.15) is 18.3 Å². The van der Waals surface area contributed by atoms with Gasteiger partial charge in [0.25, 0.3) is 0 Å². The molecule has 4 N–H and O–H groups in total. The van der Waals surface area contributed by atoms with Gasteiger partial charge in [-0.15, -0.1) is 0 Å². The van der Waals surface area contributed by atoms with E-state index in [4.69, 9.17) is 9.57 Å². The standard InChI is InChI=1S/C31H57N3O6/c1-2-3-4-5-6-7-8-9-10-11-12-13-14-15-16-17-18-19-20-21-24-39-33-27-22-23-34(31(38)32-27)30-29(37)28(36)26(25-35)40-30/h22-23,26,28-30,35-37H,2-21,24-25H2,1H3,(H,32,33,38)/t26-,28-,29+,30-/m1/s1. The average molecular weight is 568 g/mol. The topological polar surface area (TPSA) is 126 Å². The Morgan fingerprint density at radius 1 is 0.800 bits per heavy atom. The number of aliphatic hydroxyl groups excluding tert-OH is 3. The van der Waals surface area contributed by atoms with E-state index in [1.165, 1.54) is 128 Å². The lowest BCUT2D eigenvalue weighted by molar-refractivity contribution is -0.0549. The lowest BCUT2D eigenvalue weighted by Crippen LogP contribution is -2.36. The molecule has 0 aromatic carbocycles. The van der Waals surface area contributed by atoms with Gasteiger partial charge in [0.2, 0.25) is 0 Å². The number of ether oxygens (including phenoxy) is 1. The summed E-state index contributed by atoms with van der Waals surface area (Å²) in [4.78, 5) is 21.6. The largest absolute Gasteiger partial charge is 0.394 e. The van der Waals surface area contributed by atoms with Crippen LogP contribution in [0.25, 0.3) is 0 Å². The molecule has 40 heavy (non-hydrogen) atoms. The Kier molecular flexibility index (Phi) is 19.2. The van der Waals surface area contributed by atoms with Crippen LogP contribution in [0, 0.1) is 0 Å². The van der Waals surface area contributed by atoms with Crippen molar-refractivity contribution in [2.24, 2.45) is 0 Å². The van der Waals surface area contributed by atoms with Gasteiger partial charge in [0, 0.05) is 6.20 Å². The third kappa shape index (κ3) is 13.9. The highest BCUT2D eigenvalue weighted by Gasteiger charge is 2.43. The first-order valence-corrected chi connectivity index (χ1v) is 16.2. The first kappa shape index (κ1) is 34.7. The van der Waals surface area contributed by atoms with Crippen molar-refractivity contribution in [2.45, 2.75) is 160 Å². The predicted molar refractivity (Wildman–Crippen MR) is 159 cm³/mol. The molecule has 9 nitrogen and oxygen atoms in total. The fourth-order valence-electron chi connectivity index (χ4n) is 5.33. The molecule has 0 saturated carbocycles. The van der Waals surface area contributed by atoms with Crippen LogP contribution in [0.4, 0.5) is 5.82 Å². The van der Waals surface area contributed by atoms with Crippen LogP contribution < -0.4 is 11.2 Å². The fourth-order valence-corrected chi connectivity index (χ4v) is 5.33. The third-order valence-electron chi connectivity index (χ3n) is 7.90. The quantitative estimate of drug-likeness (QED) is 0.0835. The summed E-state index contributed by atoms with van der Waals surface area (Å²) in [7, 11) is 0. The molecule has 1 aromatic rings. The van der Waals surface area contributed by atoms with Gasteiger partial charge in [0.15, 0.2) is 12.0 Å². The third-order valence-corrected chi connectivity index (χ3v) is 7.90. The van der Waals surface area contributed by atoms with Crippen LogP contribution in [-0.2, 0) is 9.57 Å². The fraction of sp³-hybridized carbons (Fsp3) is 0.871. The van der Waals surface area contributed by atoms with Crippen LogP contribution in [0.1, 0.15) is 142 Å². The monoisotopic (exact) mass is 567 g/mol. The molecule has 0 spiro atoms. The molecule has 2 rings (SSSR count). The van der Waals surface area contributed by atoms with Crippen LogP contribution in [-0.4, -0.2) is 56.4 Å². The van der Waals surface area contributed by atoms with Crippen LogP contribution in [0.3, 0.4) is 0 Å². The zero-order valence-electron chi connectivity index (χ0n) is 25.0. The van der Waals surface area contributed by atoms with E-state index >= 15 is 0 Å². The second-order valence-electron chi connectivity index (χ2n) is 11.4.